The highest BCUT2D eigenvalue weighted by Gasteiger charge is 2.21. The van der Waals surface area contributed by atoms with Gasteiger partial charge in [0, 0.05) is 24.2 Å². The summed E-state index contributed by atoms with van der Waals surface area (Å²) in [5.74, 6) is 0.141. The normalized spacial score (nSPS) is 20.4. The number of nitrogens with zero attached hydrogens (tertiary/aromatic N) is 1. The van der Waals surface area contributed by atoms with Crippen LogP contribution >= 0.6 is 11.6 Å². The number of hydrogen-bond donors (Lipinski definition) is 1. The Hall–Kier alpha value is -1.06. The van der Waals surface area contributed by atoms with Crippen LogP contribution in [-0.2, 0) is 11.2 Å². The van der Waals surface area contributed by atoms with Crippen molar-refractivity contribution >= 4 is 17.5 Å². The number of likely N-dealkylation sites (tertiary alicyclic amines) is 1. The van der Waals surface area contributed by atoms with E-state index < -0.39 is 0 Å². The van der Waals surface area contributed by atoms with Crippen LogP contribution < -0.4 is 5.73 Å². The number of piperidine rings is 1. The third kappa shape index (κ3) is 3.45. The van der Waals surface area contributed by atoms with Crippen LogP contribution in [0.2, 0.25) is 5.02 Å². The van der Waals surface area contributed by atoms with Crippen LogP contribution in [0.5, 0.6) is 0 Å². The minimum atomic E-state index is 0.132. The van der Waals surface area contributed by atoms with Gasteiger partial charge >= 0.3 is 0 Å². The molecule has 0 aliphatic carbocycles. The third-order valence-electron chi connectivity index (χ3n) is 3.05. The lowest BCUT2D eigenvalue weighted by molar-refractivity contribution is -0.131. The van der Waals surface area contributed by atoms with Crippen molar-refractivity contribution < 1.29 is 4.79 Å². The molecule has 0 spiro atoms. The number of nitrogens with two attached hydrogens (primary N) is 1. The minimum Gasteiger partial charge on any atom is -0.341 e. The summed E-state index contributed by atoms with van der Waals surface area (Å²) in [5, 5.41) is 0.672. The molecule has 0 radical (unpaired) electrons. The molecule has 1 aliphatic rings. The summed E-state index contributed by atoms with van der Waals surface area (Å²) < 4.78 is 0. The molecule has 2 rings (SSSR count). The first-order chi connectivity index (χ1) is 8.15. The Labute approximate surface area is 107 Å². The van der Waals surface area contributed by atoms with Gasteiger partial charge in [-0.3, -0.25) is 4.79 Å². The molecule has 1 amide bonds. The van der Waals surface area contributed by atoms with Gasteiger partial charge in [-0.1, -0.05) is 23.7 Å². The standard InChI is InChI=1S/C13H17ClN2O/c14-11-4-1-3-10(7-11)8-13(17)16-6-2-5-12(15)9-16/h1,3-4,7,12H,2,5-6,8-9,15H2/t12-/m1/s1. The summed E-state index contributed by atoms with van der Waals surface area (Å²) in [6.07, 6.45) is 2.43. The zero-order valence-corrected chi connectivity index (χ0v) is 10.5. The summed E-state index contributed by atoms with van der Waals surface area (Å²) in [5.41, 5.74) is 6.83. The average Bonchev–Trinajstić information content (AvgIpc) is 2.29. The topological polar surface area (TPSA) is 46.3 Å². The number of rotatable bonds is 2. The maximum absolute atomic E-state index is 12.1. The summed E-state index contributed by atoms with van der Waals surface area (Å²) in [7, 11) is 0. The minimum absolute atomic E-state index is 0.132. The quantitative estimate of drug-likeness (QED) is 0.873. The van der Waals surface area contributed by atoms with Crippen molar-refractivity contribution in [2.24, 2.45) is 5.73 Å². The maximum atomic E-state index is 12.1. The van der Waals surface area contributed by atoms with Crippen LogP contribution in [0, 0.1) is 0 Å². The van der Waals surface area contributed by atoms with Gasteiger partial charge in [0.2, 0.25) is 5.91 Å². The summed E-state index contributed by atoms with van der Waals surface area (Å²) in [6, 6.07) is 7.57. The molecule has 2 N–H and O–H groups in total. The van der Waals surface area contributed by atoms with Gasteiger partial charge in [0.15, 0.2) is 0 Å². The van der Waals surface area contributed by atoms with E-state index >= 15 is 0 Å². The first-order valence-electron chi connectivity index (χ1n) is 5.93. The second-order valence-electron chi connectivity index (χ2n) is 4.55. The molecule has 1 heterocycles. The first-order valence-corrected chi connectivity index (χ1v) is 6.31. The molecule has 1 aromatic carbocycles. The molecule has 0 saturated carbocycles. The van der Waals surface area contributed by atoms with Crippen LogP contribution in [-0.4, -0.2) is 29.9 Å². The van der Waals surface area contributed by atoms with Gasteiger partial charge in [-0.25, -0.2) is 0 Å². The second-order valence-corrected chi connectivity index (χ2v) is 4.99. The lowest BCUT2D eigenvalue weighted by Crippen LogP contribution is -2.46. The Balaban J connectivity index is 1.96. The van der Waals surface area contributed by atoms with Crippen LogP contribution in [0.3, 0.4) is 0 Å². The smallest absolute Gasteiger partial charge is 0.227 e. The fourth-order valence-corrected chi connectivity index (χ4v) is 2.38. The average molecular weight is 253 g/mol. The van der Waals surface area contributed by atoms with Gasteiger partial charge in [0.1, 0.15) is 0 Å². The number of hydrogen-bond acceptors (Lipinski definition) is 2. The van der Waals surface area contributed by atoms with Gasteiger partial charge in [0.25, 0.3) is 0 Å². The molecule has 1 fully saturated rings. The predicted molar refractivity (Wildman–Crippen MR) is 68.9 cm³/mol. The largest absolute Gasteiger partial charge is 0.341 e. The fourth-order valence-electron chi connectivity index (χ4n) is 2.17. The van der Waals surface area contributed by atoms with Crippen molar-refractivity contribution in [3.05, 3.63) is 34.9 Å². The highest BCUT2D eigenvalue weighted by molar-refractivity contribution is 6.30. The van der Waals surface area contributed by atoms with Crippen molar-refractivity contribution in [1.29, 1.82) is 0 Å². The van der Waals surface area contributed by atoms with E-state index in [0.717, 1.165) is 24.9 Å². The van der Waals surface area contributed by atoms with E-state index in [1.54, 1.807) is 0 Å². The van der Waals surface area contributed by atoms with E-state index in [-0.39, 0.29) is 11.9 Å². The Morgan fingerprint density at radius 3 is 3.06 bits per heavy atom. The molecule has 1 atom stereocenters. The van der Waals surface area contributed by atoms with E-state index in [2.05, 4.69) is 0 Å². The molecule has 0 aromatic heterocycles. The lowest BCUT2D eigenvalue weighted by Gasteiger charge is -2.30. The van der Waals surface area contributed by atoms with E-state index in [1.807, 2.05) is 29.2 Å². The van der Waals surface area contributed by atoms with Gasteiger partial charge in [0.05, 0.1) is 6.42 Å². The zero-order chi connectivity index (χ0) is 12.3. The van der Waals surface area contributed by atoms with Crippen molar-refractivity contribution in [2.45, 2.75) is 25.3 Å². The van der Waals surface area contributed by atoms with Gasteiger partial charge < -0.3 is 10.6 Å². The fraction of sp³-hybridized carbons (Fsp3) is 0.462. The lowest BCUT2D eigenvalue weighted by atomic mass is 10.1. The Bertz CT molecular complexity index is 408. The Kier molecular flexibility index (Phi) is 4.02. The monoisotopic (exact) mass is 252 g/mol. The van der Waals surface area contributed by atoms with Gasteiger partial charge in [-0.15, -0.1) is 0 Å². The third-order valence-corrected chi connectivity index (χ3v) is 3.29. The van der Waals surface area contributed by atoms with Crippen molar-refractivity contribution in [2.75, 3.05) is 13.1 Å². The first kappa shape index (κ1) is 12.4. The van der Waals surface area contributed by atoms with E-state index in [1.165, 1.54) is 0 Å². The molecular formula is C13H17ClN2O. The number of amides is 1. The second kappa shape index (κ2) is 5.52. The number of carbonyl (C=O) groups is 1. The molecule has 0 bridgehead atoms. The van der Waals surface area contributed by atoms with Crippen LogP contribution in [0.25, 0.3) is 0 Å². The van der Waals surface area contributed by atoms with E-state index in [4.69, 9.17) is 17.3 Å². The Morgan fingerprint density at radius 2 is 2.35 bits per heavy atom. The Morgan fingerprint density at radius 1 is 1.53 bits per heavy atom. The molecule has 0 unspecified atom stereocenters. The maximum Gasteiger partial charge on any atom is 0.227 e. The van der Waals surface area contributed by atoms with Crippen molar-refractivity contribution in [3.8, 4) is 0 Å². The van der Waals surface area contributed by atoms with Gasteiger partial charge in [-0.2, -0.15) is 0 Å². The zero-order valence-electron chi connectivity index (χ0n) is 9.73. The molecule has 3 nitrogen and oxygen atoms in total. The highest BCUT2D eigenvalue weighted by Crippen LogP contribution is 2.14. The summed E-state index contributed by atoms with van der Waals surface area (Å²) in [6.45, 7) is 1.51. The number of carbonyl (C=O) groups excluding carboxylic acids is 1. The number of benzene rings is 1. The molecular weight excluding hydrogens is 236 g/mol. The molecule has 1 aliphatic heterocycles. The molecule has 4 heteroatoms. The molecule has 1 aromatic rings. The van der Waals surface area contributed by atoms with E-state index in [0.29, 0.717) is 18.0 Å². The van der Waals surface area contributed by atoms with Crippen LogP contribution in [0.15, 0.2) is 24.3 Å². The van der Waals surface area contributed by atoms with Crippen molar-refractivity contribution in [3.63, 3.8) is 0 Å². The van der Waals surface area contributed by atoms with Crippen LogP contribution in [0.4, 0.5) is 0 Å². The predicted octanol–water partition coefficient (Wildman–Crippen LogP) is 1.83. The molecule has 17 heavy (non-hydrogen) atoms. The van der Waals surface area contributed by atoms with Crippen LogP contribution in [0.1, 0.15) is 18.4 Å². The molecule has 92 valence electrons. The van der Waals surface area contributed by atoms with Crippen molar-refractivity contribution in [1.82, 2.24) is 4.90 Å². The summed E-state index contributed by atoms with van der Waals surface area (Å²) >= 11 is 5.89. The highest BCUT2D eigenvalue weighted by atomic mass is 35.5. The molecule has 1 saturated heterocycles. The number of halogens is 1. The summed E-state index contributed by atoms with van der Waals surface area (Å²) in [4.78, 5) is 13.9. The van der Waals surface area contributed by atoms with E-state index in [9.17, 15) is 4.79 Å². The van der Waals surface area contributed by atoms with Gasteiger partial charge in [-0.05, 0) is 30.5 Å². The SMILES string of the molecule is N[C@@H]1CCCN(C(=O)Cc2cccc(Cl)c2)C1.